The normalized spacial score (nSPS) is 23.5. The number of carbonyl (C=O) groups excluding carboxylic acids is 3. The van der Waals surface area contributed by atoms with E-state index in [0.717, 1.165) is 12.8 Å². The van der Waals surface area contributed by atoms with Crippen molar-refractivity contribution in [2.75, 3.05) is 19.9 Å². The van der Waals surface area contributed by atoms with E-state index in [1.165, 1.54) is 50.2 Å². The molecule has 2 atom stereocenters. The Balaban J connectivity index is 0.00000102. The molecule has 0 N–H and O–H groups in total. The largest absolute Gasteiger partial charge is 0.554 e. The molecule has 1 spiro atoms. The van der Waals surface area contributed by atoms with Gasteiger partial charge in [-0.3, -0.25) is 4.79 Å². The second kappa shape index (κ2) is 11.9. The van der Waals surface area contributed by atoms with Crippen LogP contribution in [0.1, 0.15) is 56.6 Å². The molecule has 2 bridgehead atoms. The lowest BCUT2D eigenvalue weighted by Gasteiger charge is -2.47. The van der Waals surface area contributed by atoms with Crippen LogP contribution in [0.25, 0.3) is 0 Å². The summed E-state index contributed by atoms with van der Waals surface area (Å²) in [7, 11) is 0. The highest BCUT2D eigenvalue weighted by Gasteiger charge is 2.56. The first-order valence-electron chi connectivity index (χ1n) is 13.0. The summed E-state index contributed by atoms with van der Waals surface area (Å²) in [4.78, 5) is 33.8. The predicted molar refractivity (Wildman–Crippen MR) is 133 cm³/mol. The van der Waals surface area contributed by atoms with Crippen LogP contribution in [0.4, 0.5) is 0 Å². The quantitative estimate of drug-likeness (QED) is 0.245. The Morgan fingerprint density at radius 2 is 1.43 bits per heavy atom. The van der Waals surface area contributed by atoms with Crippen molar-refractivity contribution in [2.45, 2.75) is 69.2 Å². The second-order valence-corrected chi connectivity index (χ2v) is 10.0. The average Bonchev–Trinajstić information content (AvgIpc) is 3.44. The number of benzene rings is 2. The summed E-state index contributed by atoms with van der Waals surface area (Å²) in [5, 5.41) is 8.25. The van der Waals surface area contributed by atoms with Crippen molar-refractivity contribution in [1.29, 1.82) is 0 Å². The van der Waals surface area contributed by atoms with Crippen LogP contribution in [-0.4, -0.2) is 61.0 Å². The van der Waals surface area contributed by atoms with Gasteiger partial charge in [0.2, 0.25) is 5.60 Å². The van der Waals surface area contributed by atoms with Gasteiger partial charge in [0.05, 0.1) is 25.2 Å². The standard InChI is InChI=1S/C28H34NO5.CH2O2/c1-21(30)32-20-33-28(22-10-4-2-5-11-22,23-12-6-3-7-13-23)27(31)34-26-18-24-14-15-25(19-26)29(24)16-8-9-17-29;2-1-3/h2-7,10-13,24-26H,8-9,14-20H2,1H3;1H,(H,2,3)/q+1;/p-1. The van der Waals surface area contributed by atoms with Crippen molar-refractivity contribution in [3.05, 3.63) is 71.8 Å². The molecule has 3 heterocycles. The van der Waals surface area contributed by atoms with Crippen LogP contribution in [0.2, 0.25) is 0 Å². The number of carbonyl (C=O) groups is 3. The number of nitrogens with zero attached hydrogens (tertiary/aromatic N) is 1. The summed E-state index contributed by atoms with van der Waals surface area (Å²) in [5.74, 6) is -0.914. The minimum Gasteiger partial charge on any atom is -0.554 e. The minimum atomic E-state index is -1.52. The maximum Gasteiger partial charge on any atom is 0.348 e. The highest BCUT2D eigenvalue weighted by atomic mass is 16.7. The molecule has 8 heteroatoms. The van der Waals surface area contributed by atoms with E-state index in [9.17, 15) is 9.59 Å². The first-order valence-corrected chi connectivity index (χ1v) is 13.0. The molecule has 0 saturated carbocycles. The maximum absolute atomic E-state index is 14.1. The SMILES string of the molecule is CC(=O)OCOC(C(=O)OC1CC2CCC(C1)[N+]21CCCC1)(c1ccccc1)c1ccccc1.O=C[O-]. The van der Waals surface area contributed by atoms with E-state index in [1.54, 1.807) is 0 Å². The van der Waals surface area contributed by atoms with E-state index in [0.29, 0.717) is 23.2 Å². The first kappa shape index (κ1) is 26.8. The van der Waals surface area contributed by atoms with Crippen molar-refractivity contribution < 1.29 is 38.2 Å². The molecular formula is C29H35NO7. The molecule has 3 aliphatic rings. The van der Waals surface area contributed by atoms with Gasteiger partial charge >= 0.3 is 11.9 Å². The third-order valence-electron chi connectivity index (χ3n) is 8.22. The Hall–Kier alpha value is -3.23. The molecule has 0 aromatic heterocycles. The van der Waals surface area contributed by atoms with Crippen molar-refractivity contribution >= 4 is 18.4 Å². The zero-order valence-corrected chi connectivity index (χ0v) is 21.3. The molecule has 3 fully saturated rings. The highest BCUT2D eigenvalue weighted by molar-refractivity contribution is 5.86. The molecule has 2 aromatic carbocycles. The van der Waals surface area contributed by atoms with Gasteiger partial charge in [0.25, 0.3) is 0 Å². The average molecular weight is 510 g/mol. The van der Waals surface area contributed by atoms with Crippen LogP contribution in [-0.2, 0) is 34.2 Å². The third-order valence-corrected chi connectivity index (χ3v) is 8.22. The Morgan fingerprint density at radius 3 is 1.89 bits per heavy atom. The van der Waals surface area contributed by atoms with Crippen molar-refractivity contribution in [1.82, 2.24) is 0 Å². The minimum absolute atomic E-state index is 0.126. The molecule has 37 heavy (non-hydrogen) atoms. The van der Waals surface area contributed by atoms with Crippen LogP contribution >= 0.6 is 0 Å². The summed E-state index contributed by atoms with van der Waals surface area (Å²) in [6, 6.07) is 19.9. The fraction of sp³-hybridized carbons (Fsp3) is 0.483. The third kappa shape index (κ3) is 5.40. The fourth-order valence-corrected chi connectivity index (χ4v) is 6.72. The number of quaternary nitrogens is 1. The summed E-state index contributed by atoms with van der Waals surface area (Å²) in [6.07, 6.45) is 6.77. The summed E-state index contributed by atoms with van der Waals surface area (Å²) < 4.78 is 18.8. The van der Waals surface area contributed by atoms with Gasteiger partial charge in [0, 0.05) is 51.9 Å². The molecule has 3 aliphatic heterocycles. The van der Waals surface area contributed by atoms with E-state index < -0.39 is 24.0 Å². The van der Waals surface area contributed by atoms with E-state index in [2.05, 4.69) is 0 Å². The number of carboxylic acid groups (broad SMARTS) is 1. The predicted octanol–water partition coefficient (Wildman–Crippen LogP) is 2.68. The molecule has 198 valence electrons. The lowest BCUT2D eigenvalue weighted by atomic mass is 9.85. The van der Waals surface area contributed by atoms with Crippen LogP contribution in [0.3, 0.4) is 0 Å². The van der Waals surface area contributed by atoms with Crippen LogP contribution in [0.15, 0.2) is 60.7 Å². The van der Waals surface area contributed by atoms with E-state index in [-0.39, 0.29) is 12.9 Å². The number of rotatable bonds is 7. The number of ether oxygens (including phenoxy) is 3. The Kier molecular flexibility index (Phi) is 8.61. The van der Waals surface area contributed by atoms with E-state index in [1.807, 2.05) is 60.7 Å². The van der Waals surface area contributed by atoms with Gasteiger partial charge in [0.1, 0.15) is 6.10 Å². The van der Waals surface area contributed by atoms with E-state index >= 15 is 0 Å². The molecule has 2 unspecified atom stereocenters. The van der Waals surface area contributed by atoms with Crippen LogP contribution in [0, 0.1) is 0 Å². The van der Waals surface area contributed by atoms with Gasteiger partial charge in [-0.15, -0.1) is 0 Å². The second-order valence-electron chi connectivity index (χ2n) is 10.0. The molecule has 0 radical (unpaired) electrons. The number of esters is 2. The Labute approximate surface area is 217 Å². The Bertz CT molecular complexity index is 997. The topological polar surface area (TPSA) is 102 Å². The fourth-order valence-electron chi connectivity index (χ4n) is 6.72. The van der Waals surface area contributed by atoms with Gasteiger partial charge in [-0.1, -0.05) is 60.7 Å². The maximum atomic E-state index is 14.1. The lowest BCUT2D eigenvalue weighted by molar-refractivity contribution is -0.956. The smallest absolute Gasteiger partial charge is 0.348 e. The lowest BCUT2D eigenvalue weighted by Crippen LogP contribution is -2.60. The van der Waals surface area contributed by atoms with Gasteiger partial charge in [0.15, 0.2) is 6.79 Å². The highest BCUT2D eigenvalue weighted by Crippen LogP contribution is 2.47. The van der Waals surface area contributed by atoms with Crippen LogP contribution in [0.5, 0.6) is 0 Å². The number of piperidine rings is 1. The number of hydrogen-bond donors (Lipinski definition) is 0. The summed E-state index contributed by atoms with van der Waals surface area (Å²) >= 11 is 0. The molecule has 8 nitrogen and oxygen atoms in total. The van der Waals surface area contributed by atoms with Crippen molar-refractivity contribution in [2.24, 2.45) is 0 Å². The number of hydrogen-bond acceptors (Lipinski definition) is 7. The Morgan fingerprint density at radius 1 is 0.946 bits per heavy atom. The molecular weight excluding hydrogens is 474 g/mol. The molecule has 3 saturated heterocycles. The van der Waals surface area contributed by atoms with Crippen molar-refractivity contribution in [3.63, 3.8) is 0 Å². The van der Waals surface area contributed by atoms with E-state index in [4.69, 9.17) is 24.1 Å². The zero-order valence-electron chi connectivity index (χ0n) is 21.3. The van der Waals surface area contributed by atoms with Crippen LogP contribution < -0.4 is 5.11 Å². The monoisotopic (exact) mass is 509 g/mol. The zero-order chi connectivity index (χ0) is 26.3. The van der Waals surface area contributed by atoms with Gasteiger partial charge in [-0.25, -0.2) is 4.79 Å². The van der Waals surface area contributed by atoms with Crippen molar-refractivity contribution in [3.8, 4) is 0 Å². The van der Waals surface area contributed by atoms with Gasteiger partial charge in [-0.2, -0.15) is 0 Å². The van der Waals surface area contributed by atoms with Gasteiger partial charge < -0.3 is 28.6 Å². The molecule has 0 amide bonds. The summed E-state index contributed by atoms with van der Waals surface area (Å²) in [5.41, 5.74) is -0.214. The first-order chi connectivity index (χ1) is 18.0. The molecule has 5 rings (SSSR count). The van der Waals surface area contributed by atoms with Gasteiger partial charge in [-0.05, 0) is 11.1 Å². The molecule has 0 aliphatic carbocycles. The molecule has 2 aromatic rings. The summed E-state index contributed by atoms with van der Waals surface area (Å²) in [6.45, 7) is 3.03.